The van der Waals surface area contributed by atoms with Crippen LogP contribution in [0.1, 0.15) is 11.8 Å². The molecule has 0 spiro atoms. The first-order valence-electron chi connectivity index (χ1n) is 5.91. The number of aryl methyl sites for hydroxylation is 1. The van der Waals surface area contributed by atoms with Crippen LogP contribution >= 0.6 is 11.3 Å². The Hall–Kier alpha value is -1.94. The number of para-hydroxylation sites is 2. The van der Waals surface area contributed by atoms with Crippen LogP contribution in [0.2, 0.25) is 0 Å². The van der Waals surface area contributed by atoms with Crippen molar-refractivity contribution in [2.75, 3.05) is 0 Å². The van der Waals surface area contributed by atoms with E-state index in [9.17, 15) is 0 Å². The fourth-order valence-electron chi connectivity index (χ4n) is 1.96. The van der Waals surface area contributed by atoms with Crippen LogP contribution in [0.15, 0.2) is 46.8 Å². The summed E-state index contributed by atoms with van der Waals surface area (Å²) < 4.78 is 2.12. The van der Waals surface area contributed by atoms with Crippen LogP contribution in [0, 0.1) is 0 Å². The SMILES string of the molecule is CCn1c(/N=C/c2cccs2)nc2ccccc21. The first-order valence-corrected chi connectivity index (χ1v) is 6.79. The van der Waals surface area contributed by atoms with Gasteiger partial charge < -0.3 is 4.57 Å². The Morgan fingerprint density at radius 2 is 2.17 bits per heavy atom. The van der Waals surface area contributed by atoms with Crippen molar-refractivity contribution in [1.82, 2.24) is 9.55 Å². The molecule has 1 aromatic carbocycles. The van der Waals surface area contributed by atoms with Gasteiger partial charge in [0.2, 0.25) is 5.95 Å². The third-order valence-corrected chi connectivity index (χ3v) is 3.61. The highest BCUT2D eigenvalue weighted by atomic mass is 32.1. The molecule has 0 unspecified atom stereocenters. The highest BCUT2D eigenvalue weighted by molar-refractivity contribution is 7.11. The summed E-state index contributed by atoms with van der Waals surface area (Å²) in [7, 11) is 0. The van der Waals surface area contributed by atoms with Crippen LogP contribution in [0.4, 0.5) is 5.95 Å². The minimum atomic E-state index is 0.770. The first kappa shape index (κ1) is 11.2. The Balaban J connectivity index is 2.06. The predicted octanol–water partition coefficient (Wildman–Crippen LogP) is 3.87. The molecule has 0 atom stereocenters. The summed E-state index contributed by atoms with van der Waals surface area (Å²) in [5.74, 6) is 0.770. The molecule has 0 N–H and O–H groups in total. The fourth-order valence-corrected chi connectivity index (χ4v) is 2.54. The van der Waals surface area contributed by atoms with E-state index in [-0.39, 0.29) is 0 Å². The molecule has 4 heteroatoms. The summed E-state index contributed by atoms with van der Waals surface area (Å²) in [6.45, 7) is 2.98. The third kappa shape index (κ3) is 1.95. The average Bonchev–Trinajstić information content (AvgIpc) is 3.03. The van der Waals surface area contributed by atoms with Gasteiger partial charge >= 0.3 is 0 Å². The largest absolute Gasteiger partial charge is 0.309 e. The molecule has 18 heavy (non-hydrogen) atoms. The molecule has 0 aliphatic carbocycles. The van der Waals surface area contributed by atoms with Crippen molar-refractivity contribution in [3.8, 4) is 0 Å². The number of aromatic nitrogens is 2. The Labute approximate surface area is 109 Å². The van der Waals surface area contributed by atoms with E-state index in [2.05, 4.69) is 27.5 Å². The number of hydrogen-bond acceptors (Lipinski definition) is 3. The molecule has 3 aromatic rings. The molecule has 3 nitrogen and oxygen atoms in total. The quantitative estimate of drug-likeness (QED) is 0.653. The molecule has 3 rings (SSSR count). The second-order valence-corrected chi connectivity index (χ2v) is 4.90. The van der Waals surface area contributed by atoms with Gasteiger partial charge in [-0.25, -0.2) is 9.98 Å². The standard InChI is InChI=1S/C14H13N3S/c1-2-17-13-8-4-3-7-12(13)16-14(17)15-10-11-6-5-9-18-11/h3-10H,2H2,1H3/b15-10+. The van der Waals surface area contributed by atoms with Crippen LogP contribution in [0.5, 0.6) is 0 Å². The molecule has 0 amide bonds. The first-order chi connectivity index (χ1) is 8.88. The molecular formula is C14H13N3S. The van der Waals surface area contributed by atoms with Crippen LogP contribution in [0.25, 0.3) is 11.0 Å². The van der Waals surface area contributed by atoms with Gasteiger partial charge in [-0.1, -0.05) is 18.2 Å². The molecule has 0 aliphatic heterocycles. The van der Waals surface area contributed by atoms with Gasteiger partial charge in [0, 0.05) is 17.6 Å². The lowest BCUT2D eigenvalue weighted by atomic mass is 10.3. The number of fused-ring (bicyclic) bond motifs is 1. The molecular weight excluding hydrogens is 242 g/mol. The lowest BCUT2D eigenvalue weighted by Crippen LogP contribution is -1.92. The zero-order chi connectivity index (χ0) is 12.4. The molecule has 90 valence electrons. The number of benzene rings is 1. The highest BCUT2D eigenvalue weighted by Gasteiger charge is 2.06. The molecule has 2 heterocycles. The van der Waals surface area contributed by atoms with Crippen LogP contribution in [-0.2, 0) is 6.54 Å². The second-order valence-electron chi connectivity index (χ2n) is 3.92. The lowest BCUT2D eigenvalue weighted by molar-refractivity contribution is 0.790. The van der Waals surface area contributed by atoms with E-state index in [1.54, 1.807) is 11.3 Å². The maximum Gasteiger partial charge on any atom is 0.230 e. The third-order valence-electron chi connectivity index (χ3n) is 2.80. The summed E-state index contributed by atoms with van der Waals surface area (Å²) in [5.41, 5.74) is 2.14. The molecule has 0 bridgehead atoms. The van der Waals surface area contributed by atoms with Crippen molar-refractivity contribution < 1.29 is 0 Å². The maximum absolute atomic E-state index is 4.55. The number of hydrogen-bond donors (Lipinski definition) is 0. The van der Waals surface area contributed by atoms with Crippen LogP contribution in [-0.4, -0.2) is 15.8 Å². The minimum Gasteiger partial charge on any atom is -0.309 e. The highest BCUT2D eigenvalue weighted by Crippen LogP contribution is 2.21. The van der Waals surface area contributed by atoms with Crippen LogP contribution < -0.4 is 0 Å². The summed E-state index contributed by atoms with van der Waals surface area (Å²) >= 11 is 1.68. The number of rotatable bonds is 3. The van der Waals surface area contributed by atoms with Crippen LogP contribution in [0.3, 0.4) is 0 Å². The smallest absolute Gasteiger partial charge is 0.230 e. The normalized spacial score (nSPS) is 11.6. The number of nitrogens with zero attached hydrogens (tertiary/aromatic N) is 3. The number of aliphatic imine (C=N–C) groups is 1. The number of imidazole rings is 1. The van der Waals surface area contributed by atoms with Gasteiger partial charge in [0.25, 0.3) is 0 Å². The topological polar surface area (TPSA) is 30.2 Å². The van der Waals surface area contributed by atoms with Crippen molar-refractivity contribution in [3.05, 3.63) is 46.7 Å². The average molecular weight is 255 g/mol. The lowest BCUT2D eigenvalue weighted by Gasteiger charge is -2.00. The van der Waals surface area contributed by atoms with Gasteiger partial charge in [-0.2, -0.15) is 0 Å². The molecule has 0 aliphatic rings. The van der Waals surface area contributed by atoms with Crippen molar-refractivity contribution in [3.63, 3.8) is 0 Å². The monoisotopic (exact) mass is 255 g/mol. The van der Waals surface area contributed by atoms with Crippen molar-refractivity contribution >= 4 is 34.5 Å². The summed E-state index contributed by atoms with van der Waals surface area (Å²) in [5, 5.41) is 2.05. The number of thiophene rings is 1. The van der Waals surface area contributed by atoms with E-state index in [1.807, 2.05) is 41.9 Å². The maximum atomic E-state index is 4.55. The van der Waals surface area contributed by atoms with Gasteiger partial charge in [-0.3, -0.25) is 0 Å². The van der Waals surface area contributed by atoms with E-state index >= 15 is 0 Å². The van der Waals surface area contributed by atoms with Gasteiger partial charge in [0.1, 0.15) is 0 Å². The summed E-state index contributed by atoms with van der Waals surface area (Å²) in [6, 6.07) is 12.2. The van der Waals surface area contributed by atoms with E-state index in [1.165, 1.54) is 0 Å². The van der Waals surface area contributed by atoms with E-state index in [0.717, 1.165) is 28.4 Å². The molecule has 0 radical (unpaired) electrons. The zero-order valence-electron chi connectivity index (χ0n) is 10.1. The van der Waals surface area contributed by atoms with E-state index in [4.69, 9.17) is 0 Å². The van der Waals surface area contributed by atoms with Crippen molar-refractivity contribution in [2.24, 2.45) is 4.99 Å². The van der Waals surface area contributed by atoms with Gasteiger partial charge in [-0.15, -0.1) is 11.3 Å². The van der Waals surface area contributed by atoms with E-state index < -0.39 is 0 Å². The molecule has 0 saturated carbocycles. The fraction of sp³-hybridized carbons (Fsp3) is 0.143. The molecule has 0 saturated heterocycles. The zero-order valence-corrected chi connectivity index (χ0v) is 10.9. The van der Waals surface area contributed by atoms with Gasteiger partial charge in [0.05, 0.1) is 11.0 Å². The molecule has 0 fully saturated rings. The van der Waals surface area contributed by atoms with Gasteiger partial charge in [-0.05, 0) is 30.5 Å². The summed E-state index contributed by atoms with van der Waals surface area (Å²) in [6.07, 6.45) is 1.87. The second kappa shape index (κ2) is 4.74. The van der Waals surface area contributed by atoms with Crippen molar-refractivity contribution in [2.45, 2.75) is 13.5 Å². The summed E-state index contributed by atoms with van der Waals surface area (Å²) in [4.78, 5) is 10.2. The predicted molar refractivity (Wildman–Crippen MR) is 77.0 cm³/mol. The van der Waals surface area contributed by atoms with E-state index in [0.29, 0.717) is 0 Å². The Morgan fingerprint density at radius 3 is 2.94 bits per heavy atom. The Morgan fingerprint density at radius 1 is 1.28 bits per heavy atom. The molecule has 2 aromatic heterocycles. The minimum absolute atomic E-state index is 0.770. The Bertz CT molecular complexity index is 680. The Kier molecular flexibility index (Phi) is 2.94. The van der Waals surface area contributed by atoms with Crippen molar-refractivity contribution in [1.29, 1.82) is 0 Å². The van der Waals surface area contributed by atoms with Gasteiger partial charge in [0.15, 0.2) is 0 Å².